The molecule has 0 bridgehead atoms. The lowest BCUT2D eigenvalue weighted by Gasteiger charge is -2.12. The summed E-state index contributed by atoms with van der Waals surface area (Å²) in [5.41, 5.74) is 3.72. The van der Waals surface area contributed by atoms with Gasteiger partial charge in [-0.3, -0.25) is 4.79 Å². The third-order valence-corrected chi connectivity index (χ3v) is 4.98. The standard InChI is InChI=1S/C20H21N3O3S/c1-12-5-6-13(2)17(11-12)21-18(24)14(3)27-20-23-22-19(26-20)15-7-9-16(25-4)10-8-15/h5-11,14H,1-4H3,(H,21,24). The first-order valence-electron chi connectivity index (χ1n) is 8.49. The Balaban J connectivity index is 1.65. The Morgan fingerprint density at radius 1 is 1.15 bits per heavy atom. The number of nitrogens with zero attached hydrogens (tertiary/aromatic N) is 2. The van der Waals surface area contributed by atoms with Crippen molar-refractivity contribution in [1.82, 2.24) is 10.2 Å². The number of nitrogens with one attached hydrogen (secondary N) is 1. The highest BCUT2D eigenvalue weighted by Crippen LogP contribution is 2.28. The number of carbonyl (C=O) groups excluding carboxylic acids is 1. The van der Waals surface area contributed by atoms with Crippen LogP contribution in [-0.4, -0.2) is 28.5 Å². The molecule has 3 rings (SSSR count). The number of amides is 1. The molecule has 7 heteroatoms. The predicted octanol–water partition coefficient (Wildman–Crippen LogP) is 4.48. The topological polar surface area (TPSA) is 77.2 Å². The lowest BCUT2D eigenvalue weighted by atomic mass is 10.1. The summed E-state index contributed by atoms with van der Waals surface area (Å²) in [5, 5.41) is 11.0. The molecule has 6 nitrogen and oxygen atoms in total. The van der Waals surface area contributed by atoms with Crippen molar-refractivity contribution in [3.05, 3.63) is 53.6 Å². The number of aromatic nitrogens is 2. The minimum Gasteiger partial charge on any atom is -0.497 e. The van der Waals surface area contributed by atoms with Gasteiger partial charge < -0.3 is 14.5 Å². The maximum atomic E-state index is 12.5. The molecule has 0 aliphatic heterocycles. The number of anilines is 1. The van der Waals surface area contributed by atoms with E-state index in [2.05, 4.69) is 15.5 Å². The van der Waals surface area contributed by atoms with Gasteiger partial charge in [-0.25, -0.2) is 0 Å². The molecule has 1 amide bonds. The zero-order chi connectivity index (χ0) is 19.4. The fraction of sp³-hybridized carbons (Fsp3) is 0.250. The van der Waals surface area contributed by atoms with Crippen LogP contribution in [0, 0.1) is 13.8 Å². The Kier molecular flexibility index (Phi) is 5.81. The summed E-state index contributed by atoms with van der Waals surface area (Å²) in [4.78, 5) is 12.5. The highest BCUT2D eigenvalue weighted by atomic mass is 32.2. The van der Waals surface area contributed by atoms with E-state index < -0.39 is 0 Å². The van der Waals surface area contributed by atoms with Gasteiger partial charge in [-0.15, -0.1) is 10.2 Å². The second-order valence-electron chi connectivity index (χ2n) is 6.17. The summed E-state index contributed by atoms with van der Waals surface area (Å²) in [7, 11) is 1.61. The Morgan fingerprint density at radius 2 is 1.89 bits per heavy atom. The third kappa shape index (κ3) is 4.68. The van der Waals surface area contributed by atoms with Gasteiger partial charge in [0.1, 0.15) is 5.75 Å². The number of methoxy groups -OCH3 is 1. The van der Waals surface area contributed by atoms with Crippen LogP contribution in [0.2, 0.25) is 0 Å². The van der Waals surface area contributed by atoms with Gasteiger partial charge in [0.25, 0.3) is 5.22 Å². The van der Waals surface area contributed by atoms with Crippen molar-refractivity contribution in [2.24, 2.45) is 0 Å². The number of ether oxygens (including phenoxy) is 1. The molecule has 0 spiro atoms. The monoisotopic (exact) mass is 383 g/mol. The Bertz CT molecular complexity index is 938. The molecule has 0 aliphatic rings. The van der Waals surface area contributed by atoms with E-state index in [-0.39, 0.29) is 11.2 Å². The number of carbonyl (C=O) groups is 1. The van der Waals surface area contributed by atoms with Crippen LogP contribution >= 0.6 is 11.8 Å². The molecule has 27 heavy (non-hydrogen) atoms. The molecule has 0 radical (unpaired) electrons. The molecule has 0 saturated carbocycles. The van der Waals surface area contributed by atoms with Crippen LogP contribution < -0.4 is 10.1 Å². The summed E-state index contributed by atoms with van der Waals surface area (Å²) in [6, 6.07) is 13.3. The quantitative estimate of drug-likeness (QED) is 0.632. The van der Waals surface area contributed by atoms with Crippen LogP contribution in [0.25, 0.3) is 11.5 Å². The second kappa shape index (κ2) is 8.26. The molecule has 0 saturated heterocycles. The maximum absolute atomic E-state index is 12.5. The summed E-state index contributed by atoms with van der Waals surface area (Å²) in [6.07, 6.45) is 0. The van der Waals surface area contributed by atoms with E-state index in [9.17, 15) is 4.79 Å². The Labute approximate surface area is 162 Å². The summed E-state index contributed by atoms with van der Waals surface area (Å²) in [6.45, 7) is 5.76. The molecule has 0 aliphatic carbocycles. The molecule has 1 heterocycles. The number of thioether (sulfide) groups is 1. The van der Waals surface area contributed by atoms with Crippen LogP contribution in [0.3, 0.4) is 0 Å². The molecule has 1 unspecified atom stereocenters. The molecular formula is C20H21N3O3S. The summed E-state index contributed by atoms with van der Waals surface area (Å²) in [5.74, 6) is 1.05. The average Bonchev–Trinajstić information content (AvgIpc) is 3.13. The SMILES string of the molecule is COc1ccc(-c2nnc(SC(C)C(=O)Nc3cc(C)ccc3C)o2)cc1. The van der Waals surface area contributed by atoms with E-state index in [0.29, 0.717) is 11.1 Å². The van der Waals surface area contributed by atoms with E-state index in [1.54, 1.807) is 7.11 Å². The third-order valence-electron chi connectivity index (χ3n) is 4.04. The fourth-order valence-electron chi connectivity index (χ4n) is 2.42. The van der Waals surface area contributed by atoms with E-state index in [1.165, 1.54) is 11.8 Å². The van der Waals surface area contributed by atoms with Crippen LogP contribution in [0.15, 0.2) is 52.1 Å². The van der Waals surface area contributed by atoms with Crippen LogP contribution in [0.1, 0.15) is 18.1 Å². The molecular weight excluding hydrogens is 362 g/mol. The van der Waals surface area contributed by atoms with Gasteiger partial charge >= 0.3 is 0 Å². The second-order valence-corrected chi connectivity index (χ2v) is 7.46. The van der Waals surface area contributed by atoms with Crippen molar-refractivity contribution in [2.45, 2.75) is 31.2 Å². The van der Waals surface area contributed by atoms with Gasteiger partial charge in [0, 0.05) is 11.3 Å². The zero-order valence-electron chi connectivity index (χ0n) is 15.6. The Morgan fingerprint density at radius 3 is 2.59 bits per heavy atom. The lowest BCUT2D eigenvalue weighted by Crippen LogP contribution is -2.22. The lowest BCUT2D eigenvalue weighted by molar-refractivity contribution is -0.115. The Hall–Kier alpha value is -2.80. The molecule has 2 aromatic carbocycles. The molecule has 0 fully saturated rings. The van der Waals surface area contributed by atoms with Gasteiger partial charge in [-0.2, -0.15) is 0 Å². The molecule has 3 aromatic rings. The molecule has 1 aromatic heterocycles. The average molecular weight is 383 g/mol. The van der Waals surface area contributed by atoms with Gasteiger partial charge in [0.2, 0.25) is 11.8 Å². The van der Waals surface area contributed by atoms with Crippen molar-refractivity contribution in [2.75, 3.05) is 12.4 Å². The van der Waals surface area contributed by atoms with Gasteiger partial charge in [-0.05, 0) is 62.2 Å². The molecule has 140 valence electrons. The van der Waals surface area contributed by atoms with Crippen LogP contribution in [0.4, 0.5) is 5.69 Å². The number of hydrogen-bond acceptors (Lipinski definition) is 6. The number of benzene rings is 2. The van der Waals surface area contributed by atoms with E-state index in [0.717, 1.165) is 28.1 Å². The fourth-order valence-corrected chi connectivity index (χ4v) is 3.10. The number of hydrogen-bond donors (Lipinski definition) is 1. The van der Waals surface area contributed by atoms with E-state index in [4.69, 9.17) is 9.15 Å². The van der Waals surface area contributed by atoms with Crippen LogP contribution in [-0.2, 0) is 4.79 Å². The van der Waals surface area contributed by atoms with Gasteiger partial charge in [-0.1, -0.05) is 23.9 Å². The minimum absolute atomic E-state index is 0.113. The predicted molar refractivity (Wildman–Crippen MR) is 106 cm³/mol. The van der Waals surface area contributed by atoms with Crippen molar-refractivity contribution in [3.63, 3.8) is 0 Å². The summed E-state index contributed by atoms with van der Waals surface area (Å²) < 4.78 is 10.8. The first-order valence-corrected chi connectivity index (χ1v) is 9.37. The first kappa shape index (κ1) is 19.0. The number of aryl methyl sites for hydroxylation is 2. The van der Waals surface area contributed by atoms with Crippen molar-refractivity contribution >= 4 is 23.4 Å². The normalized spacial score (nSPS) is 11.9. The minimum atomic E-state index is -0.380. The van der Waals surface area contributed by atoms with Crippen molar-refractivity contribution < 1.29 is 13.9 Å². The first-order chi connectivity index (χ1) is 13.0. The van der Waals surface area contributed by atoms with Gasteiger partial charge in [0.05, 0.1) is 12.4 Å². The van der Waals surface area contributed by atoms with E-state index >= 15 is 0 Å². The highest BCUT2D eigenvalue weighted by molar-refractivity contribution is 8.00. The van der Waals surface area contributed by atoms with E-state index in [1.807, 2.05) is 63.2 Å². The molecule has 1 atom stereocenters. The zero-order valence-corrected chi connectivity index (χ0v) is 16.5. The smallest absolute Gasteiger partial charge is 0.277 e. The summed E-state index contributed by atoms with van der Waals surface area (Å²) >= 11 is 1.23. The number of rotatable bonds is 6. The largest absolute Gasteiger partial charge is 0.497 e. The van der Waals surface area contributed by atoms with Crippen molar-refractivity contribution in [1.29, 1.82) is 0 Å². The van der Waals surface area contributed by atoms with Gasteiger partial charge in [0.15, 0.2) is 0 Å². The van der Waals surface area contributed by atoms with Crippen molar-refractivity contribution in [3.8, 4) is 17.2 Å². The maximum Gasteiger partial charge on any atom is 0.277 e. The van der Waals surface area contributed by atoms with Crippen LogP contribution in [0.5, 0.6) is 5.75 Å². The highest BCUT2D eigenvalue weighted by Gasteiger charge is 2.19. The molecule has 1 N–H and O–H groups in total.